The van der Waals surface area contributed by atoms with Crippen molar-refractivity contribution in [2.75, 3.05) is 0 Å². The Balaban J connectivity index is 2.35. The summed E-state index contributed by atoms with van der Waals surface area (Å²) in [6, 6.07) is 5.80. The van der Waals surface area contributed by atoms with E-state index in [4.69, 9.17) is 0 Å². The number of thiazole rings is 1. The van der Waals surface area contributed by atoms with Gasteiger partial charge in [-0.05, 0) is 39.0 Å². The average molecular weight is 234 g/mol. The number of rotatable bonds is 2. The van der Waals surface area contributed by atoms with Gasteiger partial charge in [0.15, 0.2) is 0 Å². The number of benzene rings is 1. The third-order valence-corrected chi connectivity index (χ3v) is 3.13. The molecular formula is C12H14N2OS. The predicted molar refractivity (Wildman–Crippen MR) is 67.0 cm³/mol. The SMILES string of the molecule is Cc1nc2cc(C(=O)NC(C)C)ccc2s1. The molecule has 1 N–H and O–H groups in total. The number of nitrogens with one attached hydrogen (secondary N) is 1. The third-order valence-electron chi connectivity index (χ3n) is 2.18. The molecule has 4 heteroatoms. The van der Waals surface area contributed by atoms with Crippen LogP contribution in [0.4, 0.5) is 0 Å². The third kappa shape index (κ3) is 2.22. The lowest BCUT2D eigenvalue weighted by Crippen LogP contribution is -2.29. The molecule has 0 radical (unpaired) electrons. The molecule has 0 bridgehead atoms. The van der Waals surface area contributed by atoms with E-state index in [9.17, 15) is 4.79 Å². The van der Waals surface area contributed by atoms with Crippen LogP contribution >= 0.6 is 11.3 Å². The Bertz CT molecular complexity index is 531. The fourth-order valence-electron chi connectivity index (χ4n) is 1.53. The minimum atomic E-state index is -0.0393. The minimum absolute atomic E-state index is 0.0393. The fourth-order valence-corrected chi connectivity index (χ4v) is 2.34. The highest BCUT2D eigenvalue weighted by Gasteiger charge is 2.09. The maximum Gasteiger partial charge on any atom is 0.251 e. The van der Waals surface area contributed by atoms with Gasteiger partial charge in [-0.3, -0.25) is 4.79 Å². The van der Waals surface area contributed by atoms with Crippen LogP contribution in [0.3, 0.4) is 0 Å². The second-order valence-corrected chi connectivity index (χ2v) is 5.28. The van der Waals surface area contributed by atoms with Gasteiger partial charge < -0.3 is 5.32 Å². The summed E-state index contributed by atoms with van der Waals surface area (Å²) in [4.78, 5) is 16.1. The molecule has 0 saturated carbocycles. The summed E-state index contributed by atoms with van der Waals surface area (Å²) in [5.41, 5.74) is 1.57. The summed E-state index contributed by atoms with van der Waals surface area (Å²) in [6.07, 6.45) is 0. The van der Waals surface area contributed by atoms with E-state index in [1.807, 2.05) is 39.0 Å². The van der Waals surface area contributed by atoms with Crippen molar-refractivity contribution < 1.29 is 4.79 Å². The van der Waals surface area contributed by atoms with Gasteiger partial charge in [0, 0.05) is 11.6 Å². The minimum Gasteiger partial charge on any atom is -0.350 e. The number of aryl methyl sites for hydroxylation is 1. The van der Waals surface area contributed by atoms with Crippen molar-refractivity contribution >= 4 is 27.5 Å². The van der Waals surface area contributed by atoms with Crippen molar-refractivity contribution in [3.05, 3.63) is 28.8 Å². The van der Waals surface area contributed by atoms with Gasteiger partial charge in [-0.1, -0.05) is 0 Å². The van der Waals surface area contributed by atoms with Crippen LogP contribution < -0.4 is 5.32 Å². The number of nitrogens with zero attached hydrogens (tertiary/aromatic N) is 1. The first kappa shape index (κ1) is 11.1. The summed E-state index contributed by atoms with van der Waals surface area (Å²) in [5.74, 6) is -0.0393. The molecule has 1 aromatic carbocycles. The fraction of sp³-hybridized carbons (Fsp3) is 0.333. The smallest absolute Gasteiger partial charge is 0.251 e. The number of fused-ring (bicyclic) bond motifs is 1. The molecule has 0 atom stereocenters. The lowest BCUT2D eigenvalue weighted by molar-refractivity contribution is 0.0943. The number of carbonyl (C=O) groups excluding carboxylic acids is 1. The van der Waals surface area contributed by atoms with E-state index in [0.29, 0.717) is 5.56 Å². The quantitative estimate of drug-likeness (QED) is 0.868. The molecule has 0 fully saturated rings. The van der Waals surface area contributed by atoms with Gasteiger partial charge in [0.25, 0.3) is 5.91 Å². The molecule has 2 aromatic rings. The Labute approximate surface area is 98.5 Å². The molecule has 0 aliphatic rings. The van der Waals surface area contributed by atoms with Crippen LogP contribution in [0.5, 0.6) is 0 Å². The van der Waals surface area contributed by atoms with Gasteiger partial charge in [-0.2, -0.15) is 0 Å². The first-order chi connectivity index (χ1) is 7.56. The zero-order chi connectivity index (χ0) is 11.7. The second-order valence-electron chi connectivity index (χ2n) is 4.04. The highest BCUT2D eigenvalue weighted by atomic mass is 32.1. The zero-order valence-electron chi connectivity index (χ0n) is 9.57. The predicted octanol–water partition coefficient (Wildman–Crippen LogP) is 2.74. The molecule has 84 valence electrons. The number of amides is 1. The Morgan fingerprint density at radius 2 is 2.19 bits per heavy atom. The lowest BCUT2D eigenvalue weighted by atomic mass is 10.2. The second kappa shape index (κ2) is 4.22. The maximum absolute atomic E-state index is 11.8. The van der Waals surface area contributed by atoms with Crippen molar-refractivity contribution in [1.82, 2.24) is 10.3 Å². The summed E-state index contributed by atoms with van der Waals surface area (Å²) in [7, 11) is 0. The zero-order valence-corrected chi connectivity index (χ0v) is 10.4. The van der Waals surface area contributed by atoms with Gasteiger partial charge >= 0.3 is 0 Å². The molecule has 16 heavy (non-hydrogen) atoms. The van der Waals surface area contributed by atoms with Gasteiger partial charge in [-0.15, -0.1) is 11.3 Å². The molecule has 2 rings (SSSR count). The lowest BCUT2D eigenvalue weighted by Gasteiger charge is -2.07. The van der Waals surface area contributed by atoms with E-state index in [2.05, 4.69) is 10.3 Å². The molecule has 1 aromatic heterocycles. The molecule has 0 unspecified atom stereocenters. The molecule has 0 aliphatic heterocycles. The van der Waals surface area contributed by atoms with Crippen LogP contribution in [0.15, 0.2) is 18.2 Å². The average Bonchev–Trinajstić information content (AvgIpc) is 2.55. The van der Waals surface area contributed by atoms with Crippen LogP contribution in [0, 0.1) is 6.92 Å². The van der Waals surface area contributed by atoms with Crippen molar-refractivity contribution in [1.29, 1.82) is 0 Å². The molecule has 1 amide bonds. The van der Waals surface area contributed by atoms with Crippen molar-refractivity contribution in [3.8, 4) is 0 Å². The summed E-state index contributed by atoms with van der Waals surface area (Å²) in [6.45, 7) is 5.87. The highest BCUT2D eigenvalue weighted by molar-refractivity contribution is 7.18. The molecule has 1 heterocycles. The largest absolute Gasteiger partial charge is 0.350 e. The standard InChI is InChI=1S/C12H14N2OS/c1-7(2)13-12(15)9-4-5-11-10(6-9)14-8(3)16-11/h4-7H,1-3H3,(H,13,15). The van der Waals surface area contributed by atoms with Gasteiger partial charge in [0.2, 0.25) is 0 Å². The van der Waals surface area contributed by atoms with Crippen LogP contribution in [0.1, 0.15) is 29.2 Å². The van der Waals surface area contributed by atoms with Crippen molar-refractivity contribution in [2.45, 2.75) is 26.8 Å². The normalized spacial score (nSPS) is 11.0. The van der Waals surface area contributed by atoms with Gasteiger partial charge in [0.05, 0.1) is 15.2 Å². The first-order valence-corrected chi connectivity index (χ1v) is 6.06. The number of aromatic nitrogens is 1. The van der Waals surface area contributed by atoms with Crippen LogP contribution in [-0.4, -0.2) is 16.9 Å². The van der Waals surface area contributed by atoms with Crippen LogP contribution in [-0.2, 0) is 0 Å². The maximum atomic E-state index is 11.8. The molecule has 0 saturated heterocycles. The van der Waals surface area contributed by atoms with E-state index in [1.165, 1.54) is 0 Å². The number of carbonyl (C=O) groups is 1. The van der Waals surface area contributed by atoms with E-state index in [1.54, 1.807) is 11.3 Å². The highest BCUT2D eigenvalue weighted by Crippen LogP contribution is 2.22. The summed E-state index contributed by atoms with van der Waals surface area (Å²) < 4.78 is 1.12. The summed E-state index contributed by atoms with van der Waals surface area (Å²) >= 11 is 1.64. The van der Waals surface area contributed by atoms with E-state index in [0.717, 1.165) is 15.2 Å². The van der Waals surface area contributed by atoms with E-state index < -0.39 is 0 Å². The number of hydrogen-bond acceptors (Lipinski definition) is 3. The van der Waals surface area contributed by atoms with Crippen LogP contribution in [0.25, 0.3) is 10.2 Å². The number of hydrogen-bond donors (Lipinski definition) is 1. The van der Waals surface area contributed by atoms with Gasteiger partial charge in [0.1, 0.15) is 0 Å². The van der Waals surface area contributed by atoms with Crippen molar-refractivity contribution in [3.63, 3.8) is 0 Å². The molecule has 0 aliphatic carbocycles. The van der Waals surface area contributed by atoms with E-state index in [-0.39, 0.29) is 11.9 Å². The molecular weight excluding hydrogens is 220 g/mol. The Hall–Kier alpha value is -1.42. The van der Waals surface area contributed by atoms with Gasteiger partial charge in [-0.25, -0.2) is 4.98 Å². The molecule has 3 nitrogen and oxygen atoms in total. The summed E-state index contributed by atoms with van der Waals surface area (Å²) in [5, 5.41) is 3.89. The Morgan fingerprint density at radius 3 is 2.88 bits per heavy atom. The first-order valence-electron chi connectivity index (χ1n) is 5.24. The Kier molecular flexibility index (Phi) is 2.92. The Morgan fingerprint density at radius 1 is 1.44 bits per heavy atom. The van der Waals surface area contributed by atoms with Crippen molar-refractivity contribution in [2.24, 2.45) is 0 Å². The monoisotopic (exact) mass is 234 g/mol. The van der Waals surface area contributed by atoms with E-state index >= 15 is 0 Å². The molecule has 0 spiro atoms. The van der Waals surface area contributed by atoms with Crippen LogP contribution in [0.2, 0.25) is 0 Å². The topological polar surface area (TPSA) is 42.0 Å².